The molecule has 0 bridgehead atoms. The first-order chi connectivity index (χ1) is 9.53. The zero-order chi connectivity index (χ0) is 14.4. The Labute approximate surface area is 122 Å². The normalized spacial score (nSPS) is 31.3. The van der Waals surface area contributed by atoms with Crippen molar-refractivity contribution in [1.29, 1.82) is 0 Å². The molecule has 2 saturated carbocycles. The van der Waals surface area contributed by atoms with Gasteiger partial charge in [0.05, 0.1) is 11.7 Å². The van der Waals surface area contributed by atoms with E-state index in [-0.39, 0.29) is 17.2 Å². The van der Waals surface area contributed by atoms with Crippen LogP contribution in [0.15, 0.2) is 0 Å². The van der Waals surface area contributed by atoms with Crippen LogP contribution in [0.2, 0.25) is 0 Å². The summed E-state index contributed by atoms with van der Waals surface area (Å²) >= 11 is 0. The van der Waals surface area contributed by atoms with Crippen molar-refractivity contribution < 1.29 is 4.79 Å². The van der Waals surface area contributed by atoms with Crippen molar-refractivity contribution in [3.05, 3.63) is 0 Å². The Morgan fingerprint density at radius 1 is 1.20 bits per heavy atom. The van der Waals surface area contributed by atoms with Gasteiger partial charge in [-0.3, -0.25) is 10.1 Å². The van der Waals surface area contributed by atoms with Gasteiger partial charge >= 0.3 is 0 Å². The van der Waals surface area contributed by atoms with Gasteiger partial charge in [0.15, 0.2) is 0 Å². The molecular weight excluding hydrogens is 250 g/mol. The molecule has 3 fully saturated rings. The van der Waals surface area contributed by atoms with E-state index in [0.717, 1.165) is 25.8 Å². The van der Waals surface area contributed by atoms with E-state index in [4.69, 9.17) is 0 Å². The lowest BCUT2D eigenvalue weighted by molar-refractivity contribution is -0.136. The predicted molar refractivity (Wildman–Crippen MR) is 80.4 cm³/mol. The highest BCUT2D eigenvalue weighted by Gasteiger charge is 2.54. The summed E-state index contributed by atoms with van der Waals surface area (Å²) in [5.41, 5.74) is 0.0207. The molecule has 3 rings (SSSR count). The third-order valence-electron chi connectivity index (χ3n) is 6.03. The number of amides is 1. The van der Waals surface area contributed by atoms with E-state index in [9.17, 15) is 4.79 Å². The number of rotatable bonds is 4. The van der Waals surface area contributed by atoms with Gasteiger partial charge < -0.3 is 9.80 Å². The van der Waals surface area contributed by atoms with Crippen LogP contribution < -0.4 is 5.32 Å². The molecule has 0 aromatic carbocycles. The zero-order valence-electron chi connectivity index (χ0n) is 13.2. The lowest BCUT2D eigenvalue weighted by Gasteiger charge is -2.50. The molecule has 1 atom stereocenters. The van der Waals surface area contributed by atoms with Crippen molar-refractivity contribution in [3.8, 4) is 0 Å². The highest BCUT2D eigenvalue weighted by Crippen LogP contribution is 2.41. The summed E-state index contributed by atoms with van der Waals surface area (Å²) in [7, 11) is 4.33. The average Bonchev–Trinajstić information content (AvgIpc) is 2.93. The van der Waals surface area contributed by atoms with Crippen molar-refractivity contribution in [2.45, 2.75) is 75.5 Å². The summed E-state index contributed by atoms with van der Waals surface area (Å²) in [6, 6.07) is 0. The quantitative estimate of drug-likeness (QED) is 0.854. The molecule has 0 aromatic heterocycles. The summed E-state index contributed by atoms with van der Waals surface area (Å²) in [6.45, 7) is 3.10. The van der Waals surface area contributed by atoms with E-state index in [1.807, 2.05) is 0 Å². The standard InChI is InChI=1S/C16H29N3O/c1-4-13-17-16(10-5-6-11-16)14(20)19(13)12-15(18(2)3)8-7-9-15/h13,17H,4-12H2,1-3H3. The maximum absolute atomic E-state index is 13.0. The molecular formula is C16H29N3O. The molecule has 1 aliphatic heterocycles. The summed E-state index contributed by atoms with van der Waals surface area (Å²) in [5.74, 6) is 0.384. The zero-order valence-corrected chi connectivity index (χ0v) is 13.2. The average molecular weight is 279 g/mol. The molecule has 0 radical (unpaired) electrons. The van der Waals surface area contributed by atoms with Gasteiger partial charge in [-0.2, -0.15) is 0 Å². The first-order valence-electron chi connectivity index (χ1n) is 8.29. The van der Waals surface area contributed by atoms with Gasteiger partial charge in [-0.05, 0) is 52.6 Å². The Balaban J connectivity index is 1.79. The molecule has 3 aliphatic rings. The minimum atomic E-state index is -0.210. The Bertz CT molecular complexity index is 383. The maximum atomic E-state index is 13.0. The summed E-state index contributed by atoms with van der Waals surface area (Å²) in [5, 5.41) is 3.68. The fourth-order valence-electron chi connectivity index (χ4n) is 4.36. The van der Waals surface area contributed by atoms with Gasteiger partial charge in [-0.25, -0.2) is 0 Å². The van der Waals surface area contributed by atoms with E-state index in [0.29, 0.717) is 5.91 Å². The van der Waals surface area contributed by atoms with Crippen molar-refractivity contribution >= 4 is 5.91 Å². The van der Waals surface area contributed by atoms with Crippen molar-refractivity contribution in [1.82, 2.24) is 15.1 Å². The topological polar surface area (TPSA) is 35.6 Å². The van der Waals surface area contributed by atoms with Crippen LogP contribution >= 0.6 is 0 Å². The molecule has 4 heteroatoms. The Hall–Kier alpha value is -0.610. The van der Waals surface area contributed by atoms with Gasteiger partial charge in [0.1, 0.15) is 0 Å². The van der Waals surface area contributed by atoms with Crippen molar-refractivity contribution in [2.75, 3.05) is 20.6 Å². The molecule has 114 valence electrons. The fourth-order valence-corrected chi connectivity index (χ4v) is 4.36. The number of carbonyl (C=O) groups is 1. The maximum Gasteiger partial charge on any atom is 0.244 e. The number of nitrogens with zero attached hydrogens (tertiary/aromatic N) is 2. The van der Waals surface area contributed by atoms with Gasteiger partial charge in [0, 0.05) is 12.1 Å². The van der Waals surface area contributed by atoms with E-state index in [2.05, 4.69) is 36.1 Å². The molecule has 20 heavy (non-hydrogen) atoms. The van der Waals surface area contributed by atoms with Crippen molar-refractivity contribution in [3.63, 3.8) is 0 Å². The summed E-state index contributed by atoms with van der Waals surface area (Å²) in [6.07, 6.45) is 9.48. The number of hydrogen-bond donors (Lipinski definition) is 1. The SMILES string of the molecule is CCC1NC2(CCCC2)C(=O)N1CC1(N(C)C)CCC1. The molecule has 1 amide bonds. The van der Waals surface area contributed by atoms with Crippen LogP contribution in [0.1, 0.15) is 58.3 Å². The molecule has 4 nitrogen and oxygen atoms in total. The van der Waals surface area contributed by atoms with Crippen LogP contribution in [-0.2, 0) is 4.79 Å². The van der Waals surface area contributed by atoms with E-state index >= 15 is 0 Å². The minimum absolute atomic E-state index is 0.210. The van der Waals surface area contributed by atoms with Crippen LogP contribution in [0.3, 0.4) is 0 Å². The van der Waals surface area contributed by atoms with E-state index in [1.165, 1.54) is 32.1 Å². The number of hydrogen-bond acceptors (Lipinski definition) is 3. The molecule has 1 spiro atoms. The first-order valence-corrected chi connectivity index (χ1v) is 8.29. The molecule has 1 heterocycles. The second-order valence-electron chi connectivity index (χ2n) is 7.26. The lowest BCUT2D eigenvalue weighted by Crippen LogP contribution is -2.59. The minimum Gasteiger partial charge on any atom is -0.324 e. The Morgan fingerprint density at radius 2 is 1.85 bits per heavy atom. The third-order valence-corrected chi connectivity index (χ3v) is 6.03. The van der Waals surface area contributed by atoms with Gasteiger partial charge in [0.2, 0.25) is 5.91 Å². The summed E-state index contributed by atoms with van der Waals surface area (Å²) < 4.78 is 0. The Morgan fingerprint density at radius 3 is 2.30 bits per heavy atom. The highest BCUT2D eigenvalue weighted by atomic mass is 16.2. The molecule has 1 saturated heterocycles. The predicted octanol–water partition coefficient (Wildman–Crippen LogP) is 1.95. The molecule has 2 aliphatic carbocycles. The van der Waals surface area contributed by atoms with E-state index in [1.54, 1.807) is 0 Å². The van der Waals surface area contributed by atoms with Gasteiger partial charge in [-0.1, -0.05) is 19.8 Å². The lowest BCUT2D eigenvalue weighted by atomic mass is 9.75. The van der Waals surface area contributed by atoms with Gasteiger partial charge in [-0.15, -0.1) is 0 Å². The Kier molecular flexibility index (Phi) is 3.57. The van der Waals surface area contributed by atoms with Crippen LogP contribution in [-0.4, -0.2) is 53.6 Å². The van der Waals surface area contributed by atoms with E-state index < -0.39 is 0 Å². The smallest absolute Gasteiger partial charge is 0.244 e. The number of likely N-dealkylation sites (N-methyl/N-ethyl adjacent to an activating group) is 1. The second-order valence-corrected chi connectivity index (χ2v) is 7.26. The van der Waals surface area contributed by atoms with Crippen LogP contribution in [0.25, 0.3) is 0 Å². The molecule has 1 N–H and O–H groups in total. The number of nitrogens with one attached hydrogen (secondary N) is 1. The van der Waals surface area contributed by atoms with Crippen LogP contribution in [0.4, 0.5) is 0 Å². The number of carbonyl (C=O) groups excluding carboxylic acids is 1. The summed E-state index contributed by atoms with van der Waals surface area (Å²) in [4.78, 5) is 17.5. The molecule has 1 unspecified atom stereocenters. The third kappa shape index (κ3) is 2.00. The van der Waals surface area contributed by atoms with Crippen molar-refractivity contribution in [2.24, 2.45) is 0 Å². The highest BCUT2D eigenvalue weighted by molar-refractivity contribution is 5.89. The fraction of sp³-hybridized carbons (Fsp3) is 0.938. The monoisotopic (exact) mass is 279 g/mol. The first kappa shape index (κ1) is 14.3. The molecule has 0 aromatic rings. The van der Waals surface area contributed by atoms with Crippen LogP contribution in [0.5, 0.6) is 0 Å². The largest absolute Gasteiger partial charge is 0.324 e. The van der Waals surface area contributed by atoms with Gasteiger partial charge in [0.25, 0.3) is 0 Å². The van der Waals surface area contributed by atoms with Crippen LogP contribution in [0, 0.1) is 0 Å². The second kappa shape index (κ2) is 4.99.